The summed E-state index contributed by atoms with van der Waals surface area (Å²) < 4.78 is 29.9. The van der Waals surface area contributed by atoms with Crippen LogP contribution in [0.3, 0.4) is 0 Å². The highest BCUT2D eigenvalue weighted by Gasteiger charge is 2.18. The summed E-state index contributed by atoms with van der Waals surface area (Å²) in [6.45, 7) is 0. The molecule has 0 aliphatic rings. The summed E-state index contributed by atoms with van der Waals surface area (Å²) in [7, 11) is 1.71. The molecule has 2 heterocycles. The number of nitrogens with zero attached hydrogens (tertiary/aromatic N) is 2. The Morgan fingerprint density at radius 1 is 0.700 bits per heavy atom. The number of fused-ring (bicyclic) bond motifs is 6. The van der Waals surface area contributed by atoms with Crippen molar-refractivity contribution in [2.75, 3.05) is 12.5 Å². The van der Waals surface area contributed by atoms with Gasteiger partial charge in [-0.25, -0.2) is 0 Å². The molecule has 0 fully saturated rings. The highest BCUT2D eigenvalue weighted by atomic mass is 32.1. The molecular formula is C23H13F2N3S2. The Kier molecular flexibility index (Phi) is 3.78. The van der Waals surface area contributed by atoms with Crippen LogP contribution in [0.15, 0.2) is 64.7 Å². The first-order valence-corrected chi connectivity index (χ1v) is 10.9. The van der Waals surface area contributed by atoms with Gasteiger partial charge in [0, 0.05) is 48.8 Å². The first kappa shape index (κ1) is 17.7. The fraction of sp³-hybridized carbons (Fsp3) is 0.0435. The zero-order valence-corrected chi connectivity index (χ0v) is 17.3. The number of anilines is 1. The van der Waals surface area contributed by atoms with E-state index in [1.54, 1.807) is 7.05 Å². The summed E-state index contributed by atoms with van der Waals surface area (Å²) in [5.74, 6) is 0. The number of hydrogen-bond donors (Lipinski definition) is 1. The average molecular weight is 434 g/mol. The lowest BCUT2D eigenvalue weighted by atomic mass is 10.1. The number of benzene rings is 2. The number of rotatable bonds is 2. The molecule has 0 unspecified atom stereocenters. The molecule has 6 rings (SSSR count). The van der Waals surface area contributed by atoms with E-state index in [-0.39, 0.29) is 10.3 Å². The van der Waals surface area contributed by atoms with Crippen molar-refractivity contribution in [3.63, 3.8) is 0 Å². The van der Waals surface area contributed by atoms with Crippen LogP contribution in [0, 0.1) is 10.3 Å². The van der Waals surface area contributed by atoms with Crippen molar-refractivity contribution in [3.8, 4) is 0 Å². The fourth-order valence-corrected chi connectivity index (χ4v) is 5.96. The van der Waals surface area contributed by atoms with E-state index in [1.807, 2.05) is 42.5 Å². The number of hydrogen-bond acceptors (Lipinski definition) is 5. The van der Waals surface area contributed by atoms with Gasteiger partial charge in [-0.2, -0.15) is 13.9 Å². The third kappa shape index (κ3) is 2.45. The van der Waals surface area contributed by atoms with Crippen LogP contribution in [0.25, 0.3) is 41.7 Å². The van der Waals surface area contributed by atoms with Gasteiger partial charge in [-0.1, -0.05) is 18.2 Å². The molecule has 30 heavy (non-hydrogen) atoms. The van der Waals surface area contributed by atoms with Crippen LogP contribution in [0.4, 0.5) is 14.5 Å². The fourth-order valence-electron chi connectivity index (χ4n) is 4.13. The van der Waals surface area contributed by atoms with Crippen molar-refractivity contribution in [1.29, 1.82) is 0 Å². The van der Waals surface area contributed by atoms with E-state index in [4.69, 9.17) is 0 Å². The SMILES string of the molecule is C/N=c1/c2cc3c(cc2c2sc(F)cc12)/c(=N/Nc1ccccc1)c1cc(F)sc13. The summed E-state index contributed by atoms with van der Waals surface area (Å²) >= 11 is 2.24. The largest absolute Gasteiger partial charge is 0.287 e. The predicted molar refractivity (Wildman–Crippen MR) is 122 cm³/mol. The van der Waals surface area contributed by atoms with Crippen LogP contribution >= 0.6 is 22.7 Å². The van der Waals surface area contributed by atoms with E-state index >= 15 is 0 Å². The van der Waals surface area contributed by atoms with Crippen molar-refractivity contribution in [2.24, 2.45) is 10.1 Å². The summed E-state index contributed by atoms with van der Waals surface area (Å²) in [6, 6.07) is 16.8. The monoisotopic (exact) mass is 433 g/mol. The topological polar surface area (TPSA) is 36.8 Å². The molecule has 7 heteroatoms. The first-order chi connectivity index (χ1) is 14.6. The Balaban J connectivity index is 1.74. The van der Waals surface area contributed by atoms with E-state index in [0.717, 1.165) is 75.4 Å². The van der Waals surface area contributed by atoms with E-state index in [0.29, 0.717) is 5.36 Å². The average Bonchev–Trinajstić information content (AvgIpc) is 3.44. The minimum absolute atomic E-state index is 0.229. The van der Waals surface area contributed by atoms with Crippen molar-refractivity contribution in [3.05, 3.63) is 75.6 Å². The molecule has 0 aliphatic heterocycles. The minimum Gasteiger partial charge on any atom is -0.287 e. The molecule has 1 N–H and O–H groups in total. The molecule has 4 aromatic carbocycles. The number of para-hydroxylation sites is 1. The Morgan fingerprint density at radius 3 is 1.87 bits per heavy atom. The molecular weight excluding hydrogens is 420 g/mol. The maximum atomic E-state index is 14.1. The molecule has 6 aromatic rings. The molecule has 0 radical (unpaired) electrons. The van der Waals surface area contributed by atoms with Gasteiger partial charge in [0.25, 0.3) is 0 Å². The van der Waals surface area contributed by atoms with E-state index in [2.05, 4.69) is 15.5 Å². The zero-order chi connectivity index (χ0) is 20.4. The molecule has 0 spiro atoms. The van der Waals surface area contributed by atoms with Crippen LogP contribution in [-0.2, 0) is 0 Å². The summed E-state index contributed by atoms with van der Waals surface area (Å²) in [6.07, 6.45) is 0. The zero-order valence-electron chi connectivity index (χ0n) is 15.7. The first-order valence-electron chi connectivity index (χ1n) is 9.28. The van der Waals surface area contributed by atoms with Gasteiger partial charge in [0.2, 0.25) is 0 Å². The molecule has 0 saturated heterocycles. The van der Waals surface area contributed by atoms with Gasteiger partial charge in [0.05, 0.1) is 11.0 Å². The standard InChI is InChI=1S/C23H13F2N3S2/c1-26-20-12-7-15-13(8-14(12)22-16(20)9-18(24)29-22)21(17-10-19(25)30-23(15)17)28-27-11-5-3-2-4-6-11/h2-10,27H,1H3/b26-20-,28-21-. The third-order valence-electron chi connectivity index (χ3n) is 5.37. The number of thiophene rings is 2. The Morgan fingerprint density at radius 2 is 1.27 bits per heavy atom. The molecule has 2 aromatic heterocycles. The van der Waals surface area contributed by atoms with Crippen molar-refractivity contribution < 1.29 is 8.78 Å². The second-order valence-corrected chi connectivity index (χ2v) is 9.05. The Hall–Kier alpha value is -3.16. The maximum absolute atomic E-state index is 14.1. The van der Waals surface area contributed by atoms with E-state index in [1.165, 1.54) is 12.1 Å². The van der Waals surface area contributed by atoms with Crippen molar-refractivity contribution in [1.82, 2.24) is 0 Å². The Labute approximate surface area is 176 Å². The van der Waals surface area contributed by atoms with Gasteiger partial charge in [0.1, 0.15) is 5.36 Å². The molecule has 0 saturated carbocycles. The van der Waals surface area contributed by atoms with Gasteiger partial charge < -0.3 is 0 Å². The number of nitrogens with one attached hydrogen (secondary N) is 1. The Bertz CT molecular complexity index is 1700. The highest BCUT2D eigenvalue weighted by Crippen LogP contribution is 2.37. The van der Waals surface area contributed by atoms with Crippen LogP contribution in [0.5, 0.6) is 0 Å². The van der Waals surface area contributed by atoms with Gasteiger partial charge in [0.15, 0.2) is 10.3 Å². The lowest BCUT2D eigenvalue weighted by Crippen LogP contribution is -2.04. The quantitative estimate of drug-likeness (QED) is 0.332. The van der Waals surface area contributed by atoms with Crippen molar-refractivity contribution >= 4 is 70.1 Å². The normalized spacial score (nSPS) is 13.6. The van der Waals surface area contributed by atoms with E-state index < -0.39 is 0 Å². The molecule has 0 amide bonds. The smallest absolute Gasteiger partial charge is 0.177 e. The molecule has 0 bridgehead atoms. The second kappa shape index (κ2) is 6.42. The van der Waals surface area contributed by atoms with Gasteiger partial charge in [-0.3, -0.25) is 10.4 Å². The van der Waals surface area contributed by atoms with E-state index in [9.17, 15) is 8.78 Å². The van der Waals surface area contributed by atoms with Crippen molar-refractivity contribution in [2.45, 2.75) is 0 Å². The van der Waals surface area contributed by atoms with Crippen LogP contribution in [-0.4, -0.2) is 7.05 Å². The van der Waals surface area contributed by atoms with Crippen LogP contribution < -0.4 is 16.1 Å². The van der Waals surface area contributed by atoms with Crippen LogP contribution in [0.1, 0.15) is 0 Å². The number of halogens is 2. The lowest BCUT2D eigenvalue weighted by Gasteiger charge is -1.99. The highest BCUT2D eigenvalue weighted by molar-refractivity contribution is 7.19. The maximum Gasteiger partial charge on any atom is 0.177 e. The molecule has 146 valence electrons. The second-order valence-electron chi connectivity index (χ2n) is 7.04. The third-order valence-corrected chi connectivity index (χ3v) is 7.28. The van der Waals surface area contributed by atoms with Crippen LogP contribution in [0.2, 0.25) is 0 Å². The predicted octanol–water partition coefficient (Wildman–Crippen LogP) is 6.03. The summed E-state index contributed by atoms with van der Waals surface area (Å²) in [5, 5.41) is 10.9. The minimum atomic E-state index is -0.246. The van der Waals surface area contributed by atoms with Gasteiger partial charge >= 0.3 is 0 Å². The molecule has 0 aliphatic carbocycles. The lowest BCUT2D eigenvalue weighted by molar-refractivity contribution is 0.658. The molecule has 3 nitrogen and oxygen atoms in total. The van der Waals surface area contributed by atoms with Gasteiger partial charge in [-0.05, 0) is 36.4 Å². The summed E-state index contributed by atoms with van der Waals surface area (Å²) in [5.41, 5.74) is 3.92. The summed E-state index contributed by atoms with van der Waals surface area (Å²) in [4.78, 5) is 4.41. The molecule has 0 atom stereocenters. The van der Waals surface area contributed by atoms with Gasteiger partial charge in [-0.15, -0.1) is 22.7 Å².